The fourth-order valence-corrected chi connectivity index (χ4v) is 2.05. The van der Waals surface area contributed by atoms with E-state index in [1.54, 1.807) is 6.92 Å². The molecule has 23 heavy (non-hydrogen) atoms. The summed E-state index contributed by atoms with van der Waals surface area (Å²) in [6, 6.07) is 9.60. The Morgan fingerprint density at radius 3 is 2.65 bits per heavy atom. The molecule has 1 amide bonds. The largest absolute Gasteiger partial charge is 0.336 e. The number of hydrogen-bond donors (Lipinski definition) is 1. The van der Waals surface area contributed by atoms with Gasteiger partial charge in [0.05, 0.1) is 6.07 Å². The van der Waals surface area contributed by atoms with E-state index in [4.69, 9.17) is 0 Å². The molecule has 2 aromatic rings. The van der Waals surface area contributed by atoms with E-state index in [0.717, 1.165) is 10.0 Å². The average Bonchev–Trinajstić information content (AvgIpc) is 2.95. The number of amides is 1. The first-order valence-electron chi connectivity index (χ1n) is 7.10. The SMILES string of the molecule is CC(C)C(C)(C#N)NC(=O)Cn1nnc(-c2ccc(Br)cc2)n1. The molecule has 8 heteroatoms. The van der Waals surface area contributed by atoms with E-state index >= 15 is 0 Å². The lowest BCUT2D eigenvalue weighted by Gasteiger charge is -2.27. The van der Waals surface area contributed by atoms with Crippen molar-refractivity contribution < 1.29 is 4.79 Å². The first kappa shape index (κ1) is 17.1. The van der Waals surface area contributed by atoms with Gasteiger partial charge in [0.2, 0.25) is 11.7 Å². The van der Waals surface area contributed by atoms with Crippen molar-refractivity contribution in [1.82, 2.24) is 25.5 Å². The summed E-state index contributed by atoms with van der Waals surface area (Å²) in [5.41, 5.74) is -0.115. The van der Waals surface area contributed by atoms with Gasteiger partial charge in [0.25, 0.3) is 0 Å². The van der Waals surface area contributed by atoms with Gasteiger partial charge in [-0.1, -0.05) is 29.8 Å². The van der Waals surface area contributed by atoms with Gasteiger partial charge in [-0.25, -0.2) is 0 Å². The maximum Gasteiger partial charge on any atom is 0.244 e. The van der Waals surface area contributed by atoms with Crippen LogP contribution in [-0.2, 0) is 11.3 Å². The molecular weight excluding hydrogens is 360 g/mol. The van der Waals surface area contributed by atoms with Crippen LogP contribution in [0.5, 0.6) is 0 Å². The number of benzene rings is 1. The van der Waals surface area contributed by atoms with Crippen LogP contribution in [0, 0.1) is 17.2 Å². The normalized spacial score (nSPS) is 13.4. The summed E-state index contributed by atoms with van der Waals surface area (Å²) in [4.78, 5) is 13.3. The number of hydrogen-bond acceptors (Lipinski definition) is 5. The Kier molecular flexibility index (Phi) is 5.11. The molecule has 0 saturated carbocycles. The smallest absolute Gasteiger partial charge is 0.244 e. The number of nitrogens with one attached hydrogen (secondary N) is 1. The van der Waals surface area contributed by atoms with Crippen LogP contribution < -0.4 is 5.32 Å². The first-order chi connectivity index (χ1) is 10.8. The van der Waals surface area contributed by atoms with Crippen LogP contribution in [0.3, 0.4) is 0 Å². The van der Waals surface area contributed by atoms with E-state index in [0.29, 0.717) is 5.82 Å². The second-order valence-electron chi connectivity index (χ2n) is 5.67. The van der Waals surface area contributed by atoms with Crippen molar-refractivity contribution in [2.45, 2.75) is 32.9 Å². The monoisotopic (exact) mass is 376 g/mol. The number of rotatable bonds is 5. The van der Waals surface area contributed by atoms with E-state index in [1.807, 2.05) is 38.1 Å². The zero-order chi connectivity index (χ0) is 17.0. The Balaban J connectivity index is 2.06. The van der Waals surface area contributed by atoms with Gasteiger partial charge in [0.15, 0.2) is 0 Å². The standard InChI is InChI=1S/C15H17BrN6O/c1-10(2)15(3,9-17)18-13(23)8-22-20-14(19-21-22)11-4-6-12(16)7-5-11/h4-7,10H,8H2,1-3H3,(H,18,23). The van der Waals surface area contributed by atoms with Crippen molar-refractivity contribution in [3.63, 3.8) is 0 Å². The fourth-order valence-electron chi connectivity index (χ4n) is 1.78. The number of carbonyl (C=O) groups excluding carboxylic acids is 1. The van der Waals surface area contributed by atoms with Crippen LogP contribution in [0.4, 0.5) is 0 Å². The predicted octanol–water partition coefficient (Wildman–Crippen LogP) is 2.16. The van der Waals surface area contributed by atoms with Crippen LogP contribution in [0.15, 0.2) is 28.7 Å². The summed E-state index contributed by atoms with van der Waals surface area (Å²) >= 11 is 3.36. The van der Waals surface area contributed by atoms with Crippen LogP contribution in [0.2, 0.25) is 0 Å². The van der Waals surface area contributed by atoms with Crippen molar-refractivity contribution in [3.05, 3.63) is 28.7 Å². The molecule has 0 aliphatic heterocycles. The van der Waals surface area contributed by atoms with E-state index in [2.05, 4.69) is 42.7 Å². The molecule has 7 nitrogen and oxygen atoms in total. The number of aromatic nitrogens is 4. The van der Waals surface area contributed by atoms with Gasteiger partial charge in [0, 0.05) is 10.0 Å². The highest BCUT2D eigenvalue weighted by Crippen LogP contribution is 2.17. The second kappa shape index (κ2) is 6.87. The minimum absolute atomic E-state index is 0.0153. The number of halogens is 1. The van der Waals surface area contributed by atoms with Gasteiger partial charge >= 0.3 is 0 Å². The van der Waals surface area contributed by atoms with Crippen LogP contribution in [0.25, 0.3) is 11.4 Å². The first-order valence-corrected chi connectivity index (χ1v) is 7.89. The molecular formula is C15H17BrN6O. The van der Waals surface area contributed by atoms with Gasteiger partial charge in [-0.15, -0.1) is 10.2 Å². The zero-order valence-corrected chi connectivity index (χ0v) is 14.7. The van der Waals surface area contributed by atoms with Gasteiger partial charge in [-0.3, -0.25) is 4.79 Å². The van der Waals surface area contributed by atoms with Crippen molar-refractivity contribution in [3.8, 4) is 17.5 Å². The maximum absolute atomic E-state index is 12.1. The summed E-state index contributed by atoms with van der Waals surface area (Å²) in [6.07, 6.45) is 0. The Hall–Kier alpha value is -2.27. The number of tetrazole rings is 1. The molecule has 0 saturated heterocycles. The quantitative estimate of drug-likeness (QED) is 0.861. The molecule has 0 spiro atoms. The molecule has 0 aliphatic rings. The van der Waals surface area contributed by atoms with Crippen molar-refractivity contribution in [2.24, 2.45) is 5.92 Å². The van der Waals surface area contributed by atoms with Crippen molar-refractivity contribution >= 4 is 21.8 Å². The third-order valence-electron chi connectivity index (χ3n) is 3.63. The molecule has 1 N–H and O–H groups in total. The summed E-state index contributed by atoms with van der Waals surface area (Å²) in [5.74, 6) is 0.0955. The average molecular weight is 377 g/mol. The maximum atomic E-state index is 12.1. The number of carbonyl (C=O) groups is 1. The van der Waals surface area contributed by atoms with Crippen molar-refractivity contribution in [1.29, 1.82) is 5.26 Å². The van der Waals surface area contributed by atoms with E-state index in [1.165, 1.54) is 4.80 Å². The Morgan fingerprint density at radius 1 is 1.43 bits per heavy atom. The minimum Gasteiger partial charge on any atom is -0.336 e. The highest BCUT2D eigenvalue weighted by Gasteiger charge is 2.30. The Labute approximate surface area is 142 Å². The Morgan fingerprint density at radius 2 is 2.09 bits per heavy atom. The van der Waals surface area contributed by atoms with Crippen LogP contribution in [0.1, 0.15) is 20.8 Å². The number of nitrogens with zero attached hydrogens (tertiary/aromatic N) is 5. The molecule has 1 unspecified atom stereocenters. The van der Waals surface area contributed by atoms with Gasteiger partial charge in [-0.05, 0) is 42.3 Å². The van der Waals surface area contributed by atoms with Crippen LogP contribution >= 0.6 is 15.9 Å². The predicted molar refractivity (Wildman–Crippen MR) is 88.0 cm³/mol. The summed E-state index contributed by atoms with van der Waals surface area (Å²) < 4.78 is 0.956. The van der Waals surface area contributed by atoms with E-state index in [9.17, 15) is 10.1 Å². The van der Waals surface area contributed by atoms with Gasteiger partial charge < -0.3 is 5.32 Å². The van der Waals surface area contributed by atoms with Crippen molar-refractivity contribution in [2.75, 3.05) is 0 Å². The number of nitriles is 1. The minimum atomic E-state index is -0.924. The highest BCUT2D eigenvalue weighted by atomic mass is 79.9. The summed E-state index contributed by atoms with van der Waals surface area (Å²) in [7, 11) is 0. The second-order valence-corrected chi connectivity index (χ2v) is 6.58. The molecule has 0 radical (unpaired) electrons. The lowest BCUT2D eigenvalue weighted by Crippen LogP contribution is -2.50. The van der Waals surface area contributed by atoms with E-state index < -0.39 is 5.54 Å². The molecule has 0 aliphatic carbocycles. The Bertz CT molecular complexity index is 733. The lowest BCUT2D eigenvalue weighted by molar-refractivity contribution is -0.123. The molecule has 2 rings (SSSR count). The van der Waals surface area contributed by atoms with E-state index in [-0.39, 0.29) is 18.4 Å². The molecule has 0 fully saturated rings. The lowest BCUT2D eigenvalue weighted by atomic mass is 9.90. The zero-order valence-electron chi connectivity index (χ0n) is 13.1. The van der Waals surface area contributed by atoms with Gasteiger partial charge in [-0.2, -0.15) is 10.1 Å². The molecule has 1 heterocycles. The topological polar surface area (TPSA) is 96.5 Å². The molecule has 1 aromatic carbocycles. The molecule has 0 bridgehead atoms. The molecule has 1 atom stereocenters. The van der Waals surface area contributed by atoms with Crippen LogP contribution in [-0.4, -0.2) is 31.7 Å². The molecule has 120 valence electrons. The summed E-state index contributed by atoms with van der Waals surface area (Å²) in [5, 5.41) is 23.9. The van der Waals surface area contributed by atoms with Gasteiger partial charge in [0.1, 0.15) is 12.1 Å². The third kappa shape index (κ3) is 4.13. The fraction of sp³-hybridized carbons (Fsp3) is 0.400. The highest BCUT2D eigenvalue weighted by molar-refractivity contribution is 9.10. The molecule has 1 aromatic heterocycles. The third-order valence-corrected chi connectivity index (χ3v) is 4.15. The summed E-state index contributed by atoms with van der Waals surface area (Å²) in [6.45, 7) is 5.36.